The lowest BCUT2D eigenvalue weighted by atomic mass is 9.63. The first-order valence-electron chi connectivity index (χ1n) is 17.0. The Kier molecular flexibility index (Phi) is 6.19. The van der Waals surface area contributed by atoms with Crippen LogP contribution in [0.25, 0.3) is 28.0 Å². The number of hydrogen-bond donors (Lipinski definition) is 0. The maximum absolute atomic E-state index is 7.63. The van der Waals surface area contributed by atoms with E-state index in [2.05, 4.69) is 128 Å². The molecule has 0 aromatic heterocycles. The van der Waals surface area contributed by atoms with Crippen LogP contribution in [0.2, 0.25) is 0 Å². The zero-order valence-electron chi connectivity index (χ0n) is 27.1. The van der Waals surface area contributed by atoms with Crippen LogP contribution in [0.3, 0.4) is 0 Å². The van der Waals surface area contributed by atoms with Gasteiger partial charge in [-0.05, 0) is 108 Å². The minimum atomic E-state index is -0.770. The maximum Gasteiger partial charge on any atom is 0.178 e. The van der Waals surface area contributed by atoms with Crippen LogP contribution in [0, 0.1) is 11.8 Å². The van der Waals surface area contributed by atoms with Gasteiger partial charge in [-0.25, -0.2) is 0 Å². The lowest BCUT2D eigenvalue weighted by molar-refractivity contribution is 0.162. The standard InChI is InChI=1S/C43H41NO2/c1-44(2)33-17-15-31(16-18-33)43(30-10-5-4-6-11-30)24-22-37-40-39(36-20-19-34(45-3)26-38(36)41(37)46-43)35-12-8-7-9-29(35)21-23-42(40)27-28-13-14-32(42)25-28/h4-12,15-20,22,24,26,28,32H,13-14,21,23,25,27H2,1-3H3. The van der Waals surface area contributed by atoms with Crippen LogP contribution >= 0.6 is 0 Å². The van der Waals surface area contributed by atoms with Crippen molar-refractivity contribution in [2.75, 3.05) is 26.1 Å². The van der Waals surface area contributed by atoms with Gasteiger partial charge in [0, 0.05) is 47.3 Å². The Hall–Kier alpha value is -4.50. The van der Waals surface area contributed by atoms with Gasteiger partial charge in [0.15, 0.2) is 5.60 Å². The molecule has 0 saturated heterocycles. The fourth-order valence-corrected chi connectivity index (χ4v) is 9.74. The Balaban J connectivity index is 1.37. The topological polar surface area (TPSA) is 21.7 Å². The molecule has 3 nitrogen and oxygen atoms in total. The van der Waals surface area contributed by atoms with Gasteiger partial charge in [0.1, 0.15) is 11.5 Å². The van der Waals surface area contributed by atoms with Gasteiger partial charge in [0.25, 0.3) is 0 Å². The summed E-state index contributed by atoms with van der Waals surface area (Å²) in [5.41, 5.74) is 9.91. The molecule has 5 aromatic rings. The molecule has 2 bridgehead atoms. The molecule has 4 unspecified atom stereocenters. The SMILES string of the molecule is COc1ccc2c3c(c4c(c2c1)OC(c1ccccc1)(c1ccc(N(C)C)cc1)C=C4)C1(CCc2ccccc2-3)CC2CCC1C2. The average Bonchev–Trinajstić information content (AvgIpc) is 3.69. The molecule has 2 fully saturated rings. The van der Waals surface area contributed by atoms with Crippen LogP contribution in [-0.4, -0.2) is 21.2 Å². The smallest absolute Gasteiger partial charge is 0.178 e. The maximum atomic E-state index is 7.63. The van der Waals surface area contributed by atoms with Gasteiger partial charge < -0.3 is 14.4 Å². The zero-order valence-corrected chi connectivity index (χ0v) is 27.1. The predicted octanol–water partition coefficient (Wildman–Crippen LogP) is 9.93. The van der Waals surface area contributed by atoms with E-state index in [1.165, 1.54) is 71.0 Å². The van der Waals surface area contributed by atoms with Gasteiger partial charge in [-0.2, -0.15) is 0 Å². The number of methoxy groups -OCH3 is 1. The summed E-state index contributed by atoms with van der Waals surface area (Å²) in [6.45, 7) is 0. The molecule has 4 aliphatic rings. The number of nitrogens with zero attached hydrogens (tertiary/aromatic N) is 1. The molecule has 46 heavy (non-hydrogen) atoms. The van der Waals surface area contributed by atoms with E-state index in [0.29, 0.717) is 0 Å². The lowest BCUT2D eigenvalue weighted by Crippen LogP contribution is -2.37. The van der Waals surface area contributed by atoms with Crippen molar-refractivity contribution in [1.82, 2.24) is 0 Å². The van der Waals surface area contributed by atoms with E-state index >= 15 is 0 Å². The van der Waals surface area contributed by atoms with Crippen molar-refractivity contribution < 1.29 is 9.47 Å². The van der Waals surface area contributed by atoms with E-state index in [9.17, 15) is 0 Å². The number of aryl methyl sites for hydroxylation is 1. The third-order valence-electron chi connectivity index (χ3n) is 11.9. The monoisotopic (exact) mass is 603 g/mol. The van der Waals surface area contributed by atoms with Crippen molar-refractivity contribution in [2.24, 2.45) is 11.8 Å². The highest BCUT2D eigenvalue weighted by Crippen LogP contribution is 2.65. The van der Waals surface area contributed by atoms with Crippen molar-refractivity contribution in [2.45, 2.75) is 49.5 Å². The molecule has 0 radical (unpaired) electrons. The van der Waals surface area contributed by atoms with Crippen LogP contribution in [0.4, 0.5) is 5.69 Å². The zero-order chi connectivity index (χ0) is 31.0. The molecule has 2 saturated carbocycles. The lowest BCUT2D eigenvalue weighted by Gasteiger charge is -2.43. The van der Waals surface area contributed by atoms with Gasteiger partial charge in [-0.3, -0.25) is 0 Å². The number of benzene rings is 5. The predicted molar refractivity (Wildman–Crippen MR) is 189 cm³/mol. The van der Waals surface area contributed by atoms with E-state index in [1.54, 1.807) is 7.11 Å². The second kappa shape index (κ2) is 10.3. The van der Waals surface area contributed by atoms with Gasteiger partial charge in [-0.15, -0.1) is 0 Å². The van der Waals surface area contributed by atoms with Crippen LogP contribution in [0.15, 0.2) is 103 Å². The highest BCUT2D eigenvalue weighted by atomic mass is 16.5. The fourth-order valence-electron chi connectivity index (χ4n) is 9.74. The van der Waals surface area contributed by atoms with Gasteiger partial charge >= 0.3 is 0 Å². The first kappa shape index (κ1) is 27.8. The summed E-state index contributed by atoms with van der Waals surface area (Å²) in [5.74, 6) is 3.38. The highest BCUT2D eigenvalue weighted by Gasteiger charge is 2.55. The molecule has 0 amide bonds. The summed E-state index contributed by atoms with van der Waals surface area (Å²) in [4.78, 5) is 2.15. The number of fused-ring (bicyclic) bond motifs is 12. The number of anilines is 1. The van der Waals surface area contributed by atoms with E-state index in [0.717, 1.165) is 46.3 Å². The van der Waals surface area contributed by atoms with Crippen molar-refractivity contribution in [3.8, 4) is 22.6 Å². The molecule has 4 atom stereocenters. The van der Waals surface area contributed by atoms with Crippen LogP contribution < -0.4 is 14.4 Å². The molecule has 1 aliphatic heterocycles. The largest absolute Gasteiger partial charge is 0.497 e. The first-order valence-corrected chi connectivity index (χ1v) is 17.0. The molecule has 9 rings (SSSR count). The summed E-state index contributed by atoms with van der Waals surface area (Å²) in [5, 5.41) is 2.39. The minimum Gasteiger partial charge on any atom is -0.497 e. The third kappa shape index (κ3) is 3.90. The number of ether oxygens (including phenoxy) is 2. The molecule has 5 aromatic carbocycles. The molecule has 3 heteroatoms. The molecule has 1 heterocycles. The number of rotatable bonds is 4. The summed E-state index contributed by atoms with van der Waals surface area (Å²) >= 11 is 0. The van der Waals surface area contributed by atoms with E-state index in [1.807, 2.05) is 0 Å². The summed E-state index contributed by atoms with van der Waals surface area (Å²) in [6.07, 6.45) is 12.5. The summed E-state index contributed by atoms with van der Waals surface area (Å²) < 4.78 is 13.5. The van der Waals surface area contributed by atoms with Crippen molar-refractivity contribution in [3.05, 3.63) is 131 Å². The summed E-state index contributed by atoms with van der Waals surface area (Å²) in [7, 11) is 5.94. The number of hydrogen-bond acceptors (Lipinski definition) is 3. The Morgan fingerprint density at radius 2 is 1.61 bits per heavy atom. The first-order chi connectivity index (χ1) is 22.5. The van der Waals surface area contributed by atoms with Crippen LogP contribution in [-0.2, 0) is 17.4 Å². The molecule has 230 valence electrons. The second-order valence-electron chi connectivity index (χ2n) is 14.3. The normalized spacial score (nSPS) is 25.5. The minimum absolute atomic E-state index is 0.156. The van der Waals surface area contributed by atoms with E-state index in [-0.39, 0.29) is 5.41 Å². The van der Waals surface area contributed by atoms with Gasteiger partial charge in [-0.1, -0.05) is 79.2 Å². The van der Waals surface area contributed by atoms with Crippen LogP contribution in [0.1, 0.15) is 59.9 Å². The van der Waals surface area contributed by atoms with Gasteiger partial charge in [0.05, 0.1) is 7.11 Å². The Morgan fingerprint density at radius 3 is 2.35 bits per heavy atom. The molecule has 1 spiro atoms. The summed E-state index contributed by atoms with van der Waals surface area (Å²) in [6, 6.07) is 35.4. The Morgan fingerprint density at radius 1 is 0.826 bits per heavy atom. The average molecular weight is 604 g/mol. The molecular weight excluding hydrogens is 562 g/mol. The van der Waals surface area contributed by atoms with Gasteiger partial charge in [0.2, 0.25) is 0 Å². The fraction of sp³-hybridized carbons (Fsp3) is 0.302. The van der Waals surface area contributed by atoms with E-state index in [4.69, 9.17) is 9.47 Å². The van der Waals surface area contributed by atoms with E-state index < -0.39 is 5.60 Å². The third-order valence-corrected chi connectivity index (χ3v) is 11.9. The second-order valence-corrected chi connectivity index (χ2v) is 14.3. The highest BCUT2D eigenvalue weighted by molar-refractivity contribution is 6.07. The Bertz CT molecular complexity index is 2010. The van der Waals surface area contributed by atoms with Crippen molar-refractivity contribution in [3.63, 3.8) is 0 Å². The molecular formula is C43H41NO2. The van der Waals surface area contributed by atoms with Crippen LogP contribution in [0.5, 0.6) is 11.5 Å². The Labute approximate surface area is 272 Å². The van der Waals surface area contributed by atoms with Crippen molar-refractivity contribution >= 4 is 22.5 Å². The quantitative estimate of drug-likeness (QED) is 0.204. The molecule has 3 aliphatic carbocycles. The molecule has 0 N–H and O–H groups in total. The van der Waals surface area contributed by atoms with Crippen molar-refractivity contribution in [1.29, 1.82) is 0 Å².